The number of benzene rings is 3. The predicted octanol–water partition coefficient (Wildman–Crippen LogP) is 8.97. The van der Waals surface area contributed by atoms with Crippen molar-refractivity contribution in [3.05, 3.63) is 120 Å². The Morgan fingerprint density at radius 2 is 1.18 bits per heavy atom. The molecule has 0 aliphatic heterocycles. The van der Waals surface area contributed by atoms with Crippen LogP contribution in [0, 0.1) is 13.8 Å². The minimum absolute atomic E-state index is 0.413. The second-order valence-electron chi connectivity index (χ2n) is 11.1. The molecule has 1 saturated carbocycles. The van der Waals surface area contributed by atoms with E-state index in [1.807, 2.05) is 12.1 Å². The Morgan fingerprint density at radius 1 is 0.550 bits per heavy atom. The summed E-state index contributed by atoms with van der Waals surface area (Å²) in [5, 5.41) is 2.35. The third-order valence-electron chi connectivity index (χ3n) is 8.42. The highest BCUT2D eigenvalue weighted by atomic mass is 14.9. The van der Waals surface area contributed by atoms with Gasteiger partial charge in [0.1, 0.15) is 0 Å². The van der Waals surface area contributed by atoms with Crippen LogP contribution in [-0.4, -0.2) is 19.9 Å². The van der Waals surface area contributed by atoms with Crippen molar-refractivity contribution in [2.45, 2.75) is 51.4 Å². The molecule has 0 bridgehead atoms. The van der Waals surface area contributed by atoms with Gasteiger partial charge in [0.15, 0.2) is 5.82 Å². The van der Waals surface area contributed by atoms with Crippen LogP contribution in [0.25, 0.3) is 44.5 Å². The summed E-state index contributed by atoms with van der Waals surface area (Å²) in [4.78, 5) is 20.2. The van der Waals surface area contributed by atoms with Gasteiger partial charge in [-0.3, -0.25) is 9.97 Å². The van der Waals surface area contributed by atoms with E-state index in [0.29, 0.717) is 11.8 Å². The Hall–Kier alpha value is -4.44. The standard InChI is InChI=1S/C36H32N4/c1-23-21-31(38-35-30(23)20-19-28-14-13-24(2)37-34(28)35)26-15-17-27(18-16-26)33-22-32(25-9-5-3-6-10-25)39-36(40-33)29-11-7-4-8-12-29/h3-14,19-22,26-27H,15-18H2,1-2H3. The summed E-state index contributed by atoms with van der Waals surface area (Å²) in [6.07, 6.45) is 4.39. The van der Waals surface area contributed by atoms with Crippen molar-refractivity contribution >= 4 is 21.8 Å². The van der Waals surface area contributed by atoms with Crippen molar-refractivity contribution in [1.82, 2.24) is 19.9 Å². The maximum atomic E-state index is 5.25. The van der Waals surface area contributed by atoms with E-state index < -0.39 is 0 Å². The Kier molecular flexibility index (Phi) is 6.31. The minimum atomic E-state index is 0.413. The van der Waals surface area contributed by atoms with Gasteiger partial charge in [-0.15, -0.1) is 0 Å². The molecule has 0 unspecified atom stereocenters. The van der Waals surface area contributed by atoms with Gasteiger partial charge in [-0.05, 0) is 63.3 Å². The number of aromatic nitrogens is 4. The molecule has 0 N–H and O–H groups in total. The fourth-order valence-corrected chi connectivity index (χ4v) is 6.21. The maximum Gasteiger partial charge on any atom is 0.160 e. The van der Waals surface area contributed by atoms with Crippen molar-refractivity contribution in [3.63, 3.8) is 0 Å². The Balaban J connectivity index is 1.20. The van der Waals surface area contributed by atoms with Gasteiger partial charge in [0.05, 0.1) is 16.7 Å². The van der Waals surface area contributed by atoms with Crippen molar-refractivity contribution in [3.8, 4) is 22.6 Å². The molecule has 196 valence electrons. The highest BCUT2D eigenvalue weighted by molar-refractivity contribution is 6.03. The van der Waals surface area contributed by atoms with Gasteiger partial charge in [-0.25, -0.2) is 9.97 Å². The summed E-state index contributed by atoms with van der Waals surface area (Å²) >= 11 is 0. The number of rotatable bonds is 4. The van der Waals surface area contributed by atoms with Crippen LogP contribution >= 0.6 is 0 Å². The molecule has 0 spiro atoms. The summed E-state index contributed by atoms with van der Waals surface area (Å²) < 4.78 is 0. The van der Waals surface area contributed by atoms with Crippen LogP contribution in [0.5, 0.6) is 0 Å². The number of hydrogen-bond donors (Lipinski definition) is 0. The minimum Gasteiger partial charge on any atom is -0.251 e. The van der Waals surface area contributed by atoms with E-state index in [0.717, 1.165) is 76.1 Å². The van der Waals surface area contributed by atoms with Crippen LogP contribution < -0.4 is 0 Å². The molecule has 4 nitrogen and oxygen atoms in total. The van der Waals surface area contributed by atoms with Crippen molar-refractivity contribution in [2.24, 2.45) is 0 Å². The van der Waals surface area contributed by atoms with Crippen LogP contribution in [-0.2, 0) is 0 Å². The lowest BCUT2D eigenvalue weighted by atomic mass is 9.78. The molecule has 0 radical (unpaired) electrons. The number of nitrogens with zero attached hydrogens (tertiary/aromatic N) is 4. The second kappa shape index (κ2) is 10.3. The van der Waals surface area contributed by atoms with Gasteiger partial charge in [-0.2, -0.15) is 0 Å². The first-order valence-corrected chi connectivity index (χ1v) is 14.3. The molecule has 0 saturated heterocycles. The number of hydrogen-bond acceptors (Lipinski definition) is 4. The van der Waals surface area contributed by atoms with E-state index in [-0.39, 0.29) is 0 Å². The number of aryl methyl sites for hydroxylation is 2. The maximum absolute atomic E-state index is 5.25. The molecule has 40 heavy (non-hydrogen) atoms. The van der Waals surface area contributed by atoms with Gasteiger partial charge >= 0.3 is 0 Å². The Bertz CT molecular complexity index is 1760. The fraction of sp³-hybridized carbons (Fsp3) is 0.222. The number of pyridine rings is 2. The lowest BCUT2D eigenvalue weighted by molar-refractivity contribution is 0.386. The molecule has 7 rings (SSSR count). The van der Waals surface area contributed by atoms with E-state index in [2.05, 4.69) is 98.8 Å². The molecule has 4 heteroatoms. The zero-order valence-electron chi connectivity index (χ0n) is 23.0. The molecule has 0 amide bonds. The molecule has 6 aromatic rings. The zero-order chi connectivity index (χ0) is 27.1. The largest absolute Gasteiger partial charge is 0.251 e. The van der Waals surface area contributed by atoms with Crippen molar-refractivity contribution in [1.29, 1.82) is 0 Å². The van der Waals surface area contributed by atoms with Gasteiger partial charge in [0.25, 0.3) is 0 Å². The first-order valence-electron chi connectivity index (χ1n) is 14.3. The third kappa shape index (κ3) is 4.64. The van der Waals surface area contributed by atoms with E-state index in [4.69, 9.17) is 19.9 Å². The molecule has 0 atom stereocenters. The molecule has 3 aromatic carbocycles. The first kappa shape index (κ1) is 24.6. The normalized spacial score (nSPS) is 17.4. The summed E-state index contributed by atoms with van der Waals surface area (Å²) in [5.41, 5.74) is 9.90. The van der Waals surface area contributed by atoms with Gasteiger partial charge in [0.2, 0.25) is 0 Å². The van der Waals surface area contributed by atoms with Gasteiger partial charge < -0.3 is 0 Å². The monoisotopic (exact) mass is 520 g/mol. The van der Waals surface area contributed by atoms with E-state index in [1.54, 1.807) is 0 Å². The second-order valence-corrected chi connectivity index (χ2v) is 11.1. The molecule has 3 aromatic heterocycles. The smallest absolute Gasteiger partial charge is 0.160 e. The van der Waals surface area contributed by atoms with Crippen LogP contribution in [0.3, 0.4) is 0 Å². The van der Waals surface area contributed by atoms with Crippen LogP contribution in [0.1, 0.15) is 60.2 Å². The molecular weight excluding hydrogens is 488 g/mol. The highest BCUT2D eigenvalue weighted by Gasteiger charge is 2.27. The lowest BCUT2D eigenvalue weighted by Gasteiger charge is -2.28. The summed E-state index contributed by atoms with van der Waals surface area (Å²) in [6.45, 7) is 4.26. The SMILES string of the molecule is Cc1ccc2ccc3c(C)cc(C4CCC(c5cc(-c6ccccc6)nc(-c6ccccc6)n5)CC4)nc3c2n1. The third-order valence-corrected chi connectivity index (χ3v) is 8.42. The Morgan fingerprint density at radius 3 is 1.88 bits per heavy atom. The predicted molar refractivity (Wildman–Crippen MR) is 163 cm³/mol. The molecule has 1 aliphatic carbocycles. The van der Waals surface area contributed by atoms with Gasteiger partial charge in [-0.1, -0.05) is 78.9 Å². The van der Waals surface area contributed by atoms with Gasteiger partial charge in [0, 0.05) is 50.8 Å². The number of fused-ring (bicyclic) bond motifs is 3. The fourth-order valence-electron chi connectivity index (χ4n) is 6.21. The van der Waals surface area contributed by atoms with E-state index in [1.165, 1.54) is 16.6 Å². The molecular formula is C36H32N4. The van der Waals surface area contributed by atoms with E-state index in [9.17, 15) is 0 Å². The molecule has 1 fully saturated rings. The summed E-state index contributed by atoms with van der Waals surface area (Å²) in [6, 6.07) is 33.9. The quantitative estimate of drug-likeness (QED) is 0.218. The topological polar surface area (TPSA) is 51.6 Å². The van der Waals surface area contributed by atoms with Crippen molar-refractivity contribution in [2.75, 3.05) is 0 Å². The van der Waals surface area contributed by atoms with E-state index >= 15 is 0 Å². The molecule has 3 heterocycles. The average Bonchev–Trinajstić information content (AvgIpc) is 3.01. The molecule has 1 aliphatic rings. The highest BCUT2D eigenvalue weighted by Crippen LogP contribution is 2.41. The van der Waals surface area contributed by atoms with Crippen LogP contribution in [0.4, 0.5) is 0 Å². The lowest BCUT2D eigenvalue weighted by Crippen LogP contribution is -2.15. The Labute approximate surface area is 235 Å². The summed E-state index contributed by atoms with van der Waals surface area (Å²) in [7, 11) is 0. The summed E-state index contributed by atoms with van der Waals surface area (Å²) in [5.74, 6) is 1.67. The van der Waals surface area contributed by atoms with Crippen LogP contribution in [0.2, 0.25) is 0 Å². The average molecular weight is 521 g/mol. The zero-order valence-corrected chi connectivity index (χ0v) is 23.0. The van der Waals surface area contributed by atoms with Crippen LogP contribution in [0.15, 0.2) is 97.1 Å². The van der Waals surface area contributed by atoms with Crippen molar-refractivity contribution < 1.29 is 0 Å². The first-order chi connectivity index (χ1) is 19.6.